The molecule has 0 aromatic carbocycles. The number of anilines is 1. The van der Waals surface area contributed by atoms with Crippen molar-refractivity contribution in [2.45, 2.75) is 5.52 Å². The lowest BCUT2D eigenvalue weighted by Gasteiger charge is -2.21. The van der Waals surface area contributed by atoms with Gasteiger partial charge in [0.1, 0.15) is 5.82 Å². The van der Waals surface area contributed by atoms with E-state index in [9.17, 15) is 9.13 Å². The van der Waals surface area contributed by atoms with Crippen molar-refractivity contribution < 1.29 is 28.7 Å². The maximum Gasteiger partial charge on any atom is 0.360 e. The Bertz CT molecular complexity index is 723. The number of aromatic nitrogens is 2. The van der Waals surface area contributed by atoms with Crippen LogP contribution in [0.5, 0.6) is 0 Å². The molecule has 11 heteroatoms. The molecule has 0 atom stereocenters. The Kier molecular flexibility index (Phi) is 4.77. The highest BCUT2D eigenvalue weighted by Crippen LogP contribution is 2.59. The predicted octanol–water partition coefficient (Wildman–Crippen LogP) is 1.19. The van der Waals surface area contributed by atoms with E-state index in [0.717, 1.165) is 5.56 Å². The van der Waals surface area contributed by atoms with E-state index < -0.39 is 20.7 Å². The summed E-state index contributed by atoms with van der Waals surface area (Å²) in [4.78, 5) is 44.1. The van der Waals surface area contributed by atoms with Crippen molar-refractivity contribution in [2.24, 2.45) is 0 Å². The zero-order valence-corrected chi connectivity index (χ0v) is 12.8. The Morgan fingerprint density at radius 1 is 1.00 bits per heavy atom. The molecule has 2 aromatic heterocycles. The Hall–Kier alpha value is -1.60. The number of hydrogen-bond donors (Lipinski definition) is 5. The Balaban J connectivity index is 2.34. The second-order valence-corrected chi connectivity index (χ2v) is 8.16. The summed E-state index contributed by atoms with van der Waals surface area (Å²) in [7, 11) is -10.2. The van der Waals surface area contributed by atoms with Gasteiger partial charge in [0.05, 0.1) is 0 Å². The minimum atomic E-state index is -5.08. The van der Waals surface area contributed by atoms with Crippen LogP contribution in [0.3, 0.4) is 0 Å². The van der Waals surface area contributed by atoms with Gasteiger partial charge >= 0.3 is 15.2 Å². The third kappa shape index (κ3) is 4.20. The van der Waals surface area contributed by atoms with Crippen LogP contribution in [0, 0.1) is 0 Å². The minimum Gasteiger partial charge on any atom is -0.346 e. The fraction of sp³-hybridized carbons (Fsp3) is 0.0909. The summed E-state index contributed by atoms with van der Waals surface area (Å²) in [5.74, 6) is -0.0713. The first-order chi connectivity index (χ1) is 10.2. The summed E-state index contributed by atoms with van der Waals surface area (Å²) >= 11 is 0. The zero-order valence-electron chi connectivity index (χ0n) is 11.0. The highest BCUT2D eigenvalue weighted by atomic mass is 31.2. The van der Waals surface area contributed by atoms with Crippen LogP contribution in [-0.4, -0.2) is 35.1 Å². The van der Waals surface area contributed by atoms with Gasteiger partial charge in [0, 0.05) is 24.2 Å². The summed E-state index contributed by atoms with van der Waals surface area (Å²) in [5.41, 5.74) is -1.01. The molecule has 0 aliphatic rings. The van der Waals surface area contributed by atoms with Gasteiger partial charge in [0.25, 0.3) is 0 Å². The van der Waals surface area contributed by atoms with Gasteiger partial charge in [0.15, 0.2) is 0 Å². The van der Waals surface area contributed by atoms with E-state index >= 15 is 0 Å². The van der Waals surface area contributed by atoms with E-state index in [1.807, 2.05) is 0 Å². The highest BCUT2D eigenvalue weighted by Gasteiger charge is 2.43. The summed E-state index contributed by atoms with van der Waals surface area (Å²) in [5, 5.41) is 2.11. The van der Waals surface area contributed by atoms with Gasteiger partial charge in [-0.15, -0.1) is 0 Å². The Morgan fingerprint density at radius 3 is 2.23 bits per heavy atom. The Labute approximate surface area is 125 Å². The molecule has 0 fully saturated rings. The van der Waals surface area contributed by atoms with E-state index in [2.05, 4.69) is 15.3 Å². The molecular weight excluding hydrogens is 332 g/mol. The first kappa shape index (κ1) is 16.8. The van der Waals surface area contributed by atoms with Gasteiger partial charge in [-0.05, 0) is 23.8 Å². The molecule has 0 saturated heterocycles. The lowest BCUT2D eigenvalue weighted by Crippen LogP contribution is -2.20. The number of rotatable bonds is 5. The van der Waals surface area contributed by atoms with Crippen LogP contribution in [0.25, 0.3) is 11.1 Å². The third-order valence-electron chi connectivity index (χ3n) is 2.67. The molecule has 0 unspecified atom stereocenters. The molecule has 9 nitrogen and oxygen atoms in total. The maximum atomic E-state index is 11.2. The predicted molar refractivity (Wildman–Crippen MR) is 79.0 cm³/mol. The average molecular weight is 345 g/mol. The van der Waals surface area contributed by atoms with E-state index in [1.54, 1.807) is 30.6 Å². The first-order valence-electron chi connectivity index (χ1n) is 5.91. The summed E-state index contributed by atoms with van der Waals surface area (Å²) in [6, 6.07) is 6.51. The van der Waals surface area contributed by atoms with Crippen molar-refractivity contribution in [3.63, 3.8) is 0 Å². The van der Waals surface area contributed by atoms with Crippen molar-refractivity contribution in [1.29, 1.82) is 0 Å². The maximum absolute atomic E-state index is 11.2. The molecule has 0 amide bonds. The van der Waals surface area contributed by atoms with Crippen LogP contribution >= 0.6 is 15.2 Å². The normalized spacial score (nSPS) is 12.4. The standard InChI is InChI=1S/C11H13N3O6P2/c15-21(16,17)11(22(18,19)20)14-10-6-8(3-5-13-10)9-2-1-4-12-7-9/h1-7,11H,(H,13,14)(H2,15,16,17)(H2,18,19,20). The summed E-state index contributed by atoms with van der Waals surface area (Å²) in [6.45, 7) is 0. The van der Waals surface area contributed by atoms with E-state index in [0.29, 0.717) is 5.56 Å². The quantitative estimate of drug-likeness (QED) is 0.503. The highest BCUT2D eigenvalue weighted by molar-refractivity contribution is 7.71. The fourth-order valence-electron chi connectivity index (χ4n) is 1.72. The van der Waals surface area contributed by atoms with Crippen molar-refractivity contribution >= 4 is 21.0 Å². The van der Waals surface area contributed by atoms with E-state index in [-0.39, 0.29) is 5.82 Å². The molecule has 0 radical (unpaired) electrons. The molecule has 0 spiro atoms. The molecule has 2 aromatic rings. The molecule has 0 aliphatic carbocycles. The average Bonchev–Trinajstić information content (AvgIpc) is 2.44. The molecule has 5 N–H and O–H groups in total. The Morgan fingerprint density at radius 2 is 1.68 bits per heavy atom. The monoisotopic (exact) mass is 345 g/mol. The topological polar surface area (TPSA) is 153 Å². The van der Waals surface area contributed by atoms with Crippen LogP contribution < -0.4 is 5.32 Å². The molecule has 0 aliphatic heterocycles. The molecular formula is C11H13N3O6P2. The smallest absolute Gasteiger partial charge is 0.346 e. The minimum absolute atomic E-state index is 0.0713. The SMILES string of the molecule is O=P(O)(O)C(Nc1cc(-c2cccnc2)ccn1)P(=O)(O)O. The largest absolute Gasteiger partial charge is 0.360 e. The van der Waals surface area contributed by atoms with Crippen LogP contribution in [0.2, 0.25) is 0 Å². The van der Waals surface area contributed by atoms with Crippen molar-refractivity contribution in [2.75, 3.05) is 5.32 Å². The summed E-state index contributed by atoms with van der Waals surface area (Å²) < 4.78 is 22.5. The van der Waals surface area contributed by atoms with Gasteiger partial charge in [0.2, 0.25) is 5.52 Å². The van der Waals surface area contributed by atoms with Crippen molar-refractivity contribution in [1.82, 2.24) is 9.97 Å². The van der Waals surface area contributed by atoms with Crippen LogP contribution in [0.4, 0.5) is 5.82 Å². The van der Waals surface area contributed by atoms with Crippen LogP contribution in [-0.2, 0) is 9.13 Å². The van der Waals surface area contributed by atoms with Gasteiger partial charge < -0.3 is 24.9 Å². The lowest BCUT2D eigenvalue weighted by molar-refractivity contribution is 0.343. The zero-order chi connectivity index (χ0) is 16.4. The second kappa shape index (κ2) is 6.26. The van der Waals surface area contributed by atoms with Gasteiger partial charge in [-0.3, -0.25) is 14.1 Å². The summed E-state index contributed by atoms with van der Waals surface area (Å²) in [6.07, 6.45) is 4.51. The number of pyridine rings is 2. The van der Waals surface area contributed by atoms with Crippen LogP contribution in [0.15, 0.2) is 42.9 Å². The molecule has 2 heterocycles. The van der Waals surface area contributed by atoms with Gasteiger partial charge in [-0.1, -0.05) is 6.07 Å². The van der Waals surface area contributed by atoms with E-state index in [1.165, 1.54) is 12.3 Å². The fourth-order valence-corrected chi connectivity index (χ4v) is 3.89. The van der Waals surface area contributed by atoms with Gasteiger partial charge in [-0.2, -0.15) is 0 Å². The molecule has 2 rings (SSSR count). The van der Waals surface area contributed by atoms with Gasteiger partial charge in [-0.25, -0.2) is 4.98 Å². The molecule has 0 bridgehead atoms. The lowest BCUT2D eigenvalue weighted by atomic mass is 10.1. The third-order valence-corrected chi connectivity index (χ3v) is 6.01. The first-order valence-corrected chi connectivity index (χ1v) is 9.27. The number of nitrogens with one attached hydrogen (secondary N) is 1. The molecule has 22 heavy (non-hydrogen) atoms. The van der Waals surface area contributed by atoms with Crippen LogP contribution in [0.1, 0.15) is 0 Å². The molecule has 118 valence electrons. The van der Waals surface area contributed by atoms with Crippen molar-refractivity contribution in [3.05, 3.63) is 42.9 Å². The van der Waals surface area contributed by atoms with Crippen molar-refractivity contribution in [3.8, 4) is 11.1 Å². The molecule has 0 saturated carbocycles. The second-order valence-electron chi connectivity index (χ2n) is 4.37. The van der Waals surface area contributed by atoms with E-state index in [4.69, 9.17) is 19.6 Å². The number of hydrogen-bond acceptors (Lipinski definition) is 5. The number of nitrogens with zero attached hydrogens (tertiary/aromatic N) is 2.